The van der Waals surface area contributed by atoms with E-state index < -0.39 is 29.1 Å². The Morgan fingerprint density at radius 1 is 0.971 bits per heavy atom. The molecule has 2 heterocycles. The molecule has 9 nitrogen and oxygen atoms in total. The third-order valence-electron chi connectivity index (χ3n) is 5.54. The van der Waals surface area contributed by atoms with Crippen molar-refractivity contribution in [2.75, 3.05) is 13.2 Å². The molecule has 4 rings (SSSR count). The van der Waals surface area contributed by atoms with Crippen molar-refractivity contribution in [3.63, 3.8) is 0 Å². The van der Waals surface area contributed by atoms with E-state index in [0.29, 0.717) is 24.7 Å². The van der Waals surface area contributed by atoms with E-state index in [1.807, 2.05) is 6.07 Å². The van der Waals surface area contributed by atoms with Gasteiger partial charge in [0.2, 0.25) is 5.78 Å². The fourth-order valence-corrected chi connectivity index (χ4v) is 3.81. The summed E-state index contributed by atoms with van der Waals surface area (Å²) in [5.74, 6) is -1.78. The van der Waals surface area contributed by atoms with Crippen molar-refractivity contribution in [2.24, 2.45) is 0 Å². The highest BCUT2D eigenvalue weighted by Crippen LogP contribution is 2.34. The first-order chi connectivity index (χ1) is 16.7. The van der Waals surface area contributed by atoms with Gasteiger partial charge >= 0.3 is 0 Å². The average Bonchev–Trinajstić information content (AvgIpc) is 2.84. The number of carbonyl (C=O) groups excluding carboxylic acids is 3. The molecule has 0 bridgehead atoms. The lowest BCUT2D eigenvalue weighted by Crippen LogP contribution is -2.50. The zero-order valence-corrected chi connectivity index (χ0v) is 19.7. The van der Waals surface area contributed by atoms with Crippen LogP contribution in [0.1, 0.15) is 35.5 Å². The SMILES string of the molecule is Cc1c(C(=O)N[C@@H](Cc2ccccc2)C(=O)C(=O)NC(C)C)oc2cc3c(cc2c1=O)OCCO3. The smallest absolute Gasteiger partial charge is 0.289 e. The van der Waals surface area contributed by atoms with Gasteiger partial charge in [-0.25, -0.2) is 0 Å². The molecule has 0 radical (unpaired) electrons. The summed E-state index contributed by atoms with van der Waals surface area (Å²) in [5.41, 5.74) is 0.573. The Balaban J connectivity index is 1.67. The Hall–Kier alpha value is -4.14. The van der Waals surface area contributed by atoms with Crippen LogP contribution in [0.15, 0.2) is 51.7 Å². The number of nitrogens with one attached hydrogen (secondary N) is 2. The van der Waals surface area contributed by atoms with E-state index in [0.717, 1.165) is 5.56 Å². The van der Waals surface area contributed by atoms with Gasteiger partial charge in [0, 0.05) is 24.1 Å². The van der Waals surface area contributed by atoms with E-state index in [9.17, 15) is 19.2 Å². The third-order valence-corrected chi connectivity index (χ3v) is 5.54. The minimum Gasteiger partial charge on any atom is -0.486 e. The molecule has 0 aliphatic carbocycles. The van der Waals surface area contributed by atoms with Crippen molar-refractivity contribution in [1.82, 2.24) is 10.6 Å². The molecular formula is C26H26N2O7. The summed E-state index contributed by atoms with van der Waals surface area (Å²) in [6.45, 7) is 5.65. The maximum absolute atomic E-state index is 13.2. The van der Waals surface area contributed by atoms with E-state index in [1.165, 1.54) is 19.1 Å². The Morgan fingerprint density at radius 2 is 1.63 bits per heavy atom. The van der Waals surface area contributed by atoms with Gasteiger partial charge in [0.1, 0.15) is 24.8 Å². The molecule has 0 spiro atoms. The molecule has 3 aromatic rings. The lowest BCUT2D eigenvalue weighted by molar-refractivity contribution is -0.139. The van der Waals surface area contributed by atoms with E-state index in [2.05, 4.69) is 10.6 Å². The highest BCUT2D eigenvalue weighted by Gasteiger charge is 2.30. The summed E-state index contributed by atoms with van der Waals surface area (Å²) >= 11 is 0. The van der Waals surface area contributed by atoms with Gasteiger partial charge in [0.15, 0.2) is 22.7 Å². The average molecular weight is 479 g/mol. The van der Waals surface area contributed by atoms with Gasteiger partial charge in [-0.2, -0.15) is 0 Å². The molecule has 0 unspecified atom stereocenters. The molecule has 182 valence electrons. The van der Waals surface area contributed by atoms with E-state index in [1.54, 1.807) is 38.1 Å². The van der Waals surface area contributed by atoms with Gasteiger partial charge in [-0.05, 0) is 32.4 Å². The van der Waals surface area contributed by atoms with Crippen LogP contribution in [0.25, 0.3) is 11.0 Å². The topological polar surface area (TPSA) is 124 Å². The number of fused-ring (bicyclic) bond motifs is 2. The number of hydrogen-bond acceptors (Lipinski definition) is 7. The maximum atomic E-state index is 13.2. The third kappa shape index (κ3) is 5.18. The largest absolute Gasteiger partial charge is 0.486 e. The summed E-state index contributed by atoms with van der Waals surface area (Å²) in [5, 5.41) is 5.40. The zero-order valence-electron chi connectivity index (χ0n) is 19.7. The van der Waals surface area contributed by atoms with E-state index >= 15 is 0 Å². The number of rotatable bonds is 7. The minimum absolute atomic E-state index is 0.0734. The van der Waals surface area contributed by atoms with Gasteiger partial charge in [-0.1, -0.05) is 30.3 Å². The van der Waals surface area contributed by atoms with E-state index in [-0.39, 0.29) is 34.8 Å². The Morgan fingerprint density at radius 3 is 2.29 bits per heavy atom. The van der Waals surface area contributed by atoms with Crippen molar-refractivity contribution in [1.29, 1.82) is 0 Å². The van der Waals surface area contributed by atoms with Gasteiger partial charge in [-0.3, -0.25) is 19.2 Å². The van der Waals surface area contributed by atoms with Gasteiger partial charge in [0.05, 0.1) is 5.39 Å². The number of hydrogen-bond donors (Lipinski definition) is 2. The molecule has 2 amide bonds. The van der Waals surface area contributed by atoms with Crippen LogP contribution in [-0.2, 0) is 16.0 Å². The monoisotopic (exact) mass is 478 g/mol. The Labute approximate surface area is 201 Å². The number of ether oxygens (including phenoxy) is 2. The lowest BCUT2D eigenvalue weighted by atomic mass is 10.0. The summed E-state index contributed by atoms with van der Waals surface area (Å²) in [7, 11) is 0. The van der Waals surface area contributed by atoms with Gasteiger partial charge in [-0.15, -0.1) is 0 Å². The van der Waals surface area contributed by atoms with Crippen LogP contribution < -0.4 is 25.5 Å². The van der Waals surface area contributed by atoms with Gasteiger partial charge in [0.25, 0.3) is 11.8 Å². The van der Waals surface area contributed by atoms with E-state index in [4.69, 9.17) is 13.9 Å². The molecule has 2 aromatic carbocycles. The first-order valence-corrected chi connectivity index (χ1v) is 11.3. The summed E-state index contributed by atoms with van der Waals surface area (Å²) in [4.78, 5) is 51.6. The second kappa shape index (κ2) is 10.0. The van der Waals surface area contributed by atoms with Crippen LogP contribution in [0.5, 0.6) is 11.5 Å². The Kier molecular flexibility index (Phi) is 6.86. The fourth-order valence-electron chi connectivity index (χ4n) is 3.81. The molecule has 1 aliphatic heterocycles. The summed E-state index contributed by atoms with van der Waals surface area (Å²) in [6.07, 6.45) is 0.0898. The van der Waals surface area contributed by atoms with Crippen molar-refractivity contribution >= 4 is 28.6 Å². The quantitative estimate of drug-likeness (QED) is 0.500. The number of benzene rings is 2. The van der Waals surface area contributed by atoms with Crippen LogP contribution in [0, 0.1) is 6.92 Å². The highest BCUT2D eigenvalue weighted by molar-refractivity contribution is 6.38. The molecule has 1 atom stereocenters. The molecule has 0 fully saturated rings. The first kappa shape index (κ1) is 24.0. The van der Waals surface area contributed by atoms with Crippen molar-refractivity contribution < 1.29 is 28.3 Å². The van der Waals surface area contributed by atoms with Crippen LogP contribution >= 0.6 is 0 Å². The molecular weight excluding hydrogens is 452 g/mol. The van der Waals surface area contributed by atoms with Crippen LogP contribution in [0.2, 0.25) is 0 Å². The van der Waals surface area contributed by atoms with Crippen molar-refractivity contribution in [3.8, 4) is 11.5 Å². The predicted molar refractivity (Wildman–Crippen MR) is 128 cm³/mol. The lowest BCUT2D eigenvalue weighted by Gasteiger charge is -2.20. The second-order valence-corrected chi connectivity index (χ2v) is 8.59. The number of carbonyl (C=O) groups is 3. The standard InChI is InChI=1S/C26H26N2O7/c1-14(2)27-25(31)23(30)18(11-16-7-5-4-6-8-16)28-26(32)24-15(3)22(29)17-12-20-21(13-19(17)35-24)34-10-9-33-20/h4-8,12-14,18H,9-11H2,1-3H3,(H,27,31)(H,28,32)/t18-/m0/s1. The molecule has 9 heteroatoms. The van der Waals surface area contributed by atoms with Crippen molar-refractivity contribution in [3.05, 3.63) is 69.6 Å². The second-order valence-electron chi connectivity index (χ2n) is 8.59. The number of amides is 2. The molecule has 0 saturated carbocycles. The highest BCUT2D eigenvalue weighted by atomic mass is 16.6. The Bertz CT molecular complexity index is 1350. The predicted octanol–water partition coefficient (Wildman–Crippen LogP) is 2.31. The normalized spacial score (nSPS) is 13.4. The molecule has 0 saturated heterocycles. The first-order valence-electron chi connectivity index (χ1n) is 11.3. The summed E-state index contributed by atoms with van der Waals surface area (Å²) < 4.78 is 16.9. The molecule has 2 N–H and O–H groups in total. The number of Topliss-reactive ketones (excluding diaryl/α,β-unsaturated/α-hetero) is 1. The van der Waals surface area contributed by atoms with Crippen LogP contribution in [-0.4, -0.2) is 42.9 Å². The maximum Gasteiger partial charge on any atom is 0.289 e. The van der Waals surface area contributed by atoms with Gasteiger partial charge < -0.3 is 24.5 Å². The zero-order chi connectivity index (χ0) is 25.1. The van der Waals surface area contributed by atoms with Crippen LogP contribution in [0.4, 0.5) is 0 Å². The summed E-state index contributed by atoms with van der Waals surface area (Å²) in [6, 6.07) is 10.6. The number of ketones is 1. The molecule has 1 aromatic heterocycles. The van der Waals surface area contributed by atoms with Crippen LogP contribution in [0.3, 0.4) is 0 Å². The molecule has 35 heavy (non-hydrogen) atoms. The fraction of sp³-hybridized carbons (Fsp3) is 0.308. The minimum atomic E-state index is -1.16. The van der Waals surface area contributed by atoms with Crippen molar-refractivity contribution in [2.45, 2.75) is 39.3 Å². The molecule has 1 aliphatic rings.